The third kappa shape index (κ3) is 5.47. The Morgan fingerprint density at radius 3 is 2.45 bits per heavy atom. The standard InChI is InChI=1S/C9H15NO/c1-5-6-7-9(3,4)10-8(2)11/h7H2,1-4H3,(H,10,11). The molecule has 0 bridgehead atoms. The lowest BCUT2D eigenvalue weighted by Crippen LogP contribution is -2.41. The second kappa shape index (κ2) is 4.02. The molecule has 0 aliphatic carbocycles. The summed E-state index contributed by atoms with van der Waals surface area (Å²) in [6.07, 6.45) is 0.698. The van der Waals surface area contributed by atoms with Gasteiger partial charge in [-0.2, -0.15) is 0 Å². The van der Waals surface area contributed by atoms with Gasteiger partial charge in [-0.3, -0.25) is 4.79 Å². The average molecular weight is 153 g/mol. The van der Waals surface area contributed by atoms with Gasteiger partial charge in [0.25, 0.3) is 0 Å². The molecule has 0 aliphatic rings. The molecule has 0 aromatic rings. The molecule has 0 saturated carbocycles. The molecular weight excluding hydrogens is 138 g/mol. The first-order valence-corrected chi connectivity index (χ1v) is 3.66. The first-order chi connectivity index (χ1) is 4.98. The topological polar surface area (TPSA) is 29.1 Å². The lowest BCUT2D eigenvalue weighted by atomic mass is 10.0. The zero-order chi connectivity index (χ0) is 8.91. The van der Waals surface area contributed by atoms with Crippen molar-refractivity contribution >= 4 is 5.91 Å². The fourth-order valence-corrected chi connectivity index (χ4v) is 0.830. The Bertz CT molecular complexity index is 195. The molecule has 0 saturated heterocycles. The van der Waals surface area contributed by atoms with Crippen LogP contribution in [0.2, 0.25) is 0 Å². The lowest BCUT2D eigenvalue weighted by Gasteiger charge is -2.22. The van der Waals surface area contributed by atoms with Crippen LogP contribution in [-0.2, 0) is 4.79 Å². The van der Waals surface area contributed by atoms with E-state index >= 15 is 0 Å². The van der Waals surface area contributed by atoms with Crippen LogP contribution in [0.1, 0.15) is 34.1 Å². The molecule has 0 aliphatic heterocycles. The molecule has 0 spiro atoms. The van der Waals surface area contributed by atoms with Crippen LogP contribution in [-0.4, -0.2) is 11.4 Å². The molecule has 0 aromatic carbocycles. The summed E-state index contributed by atoms with van der Waals surface area (Å²) in [7, 11) is 0. The van der Waals surface area contributed by atoms with Crippen LogP contribution in [0.3, 0.4) is 0 Å². The van der Waals surface area contributed by atoms with Crippen LogP contribution in [0, 0.1) is 11.8 Å². The van der Waals surface area contributed by atoms with Crippen LogP contribution in [0.25, 0.3) is 0 Å². The Hall–Kier alpha value is -0.970. The molecule has 0 aromatic heterocycles. The summed E-state index contributed by atoms with van der Waals surface area (Å²) in [4.78, 5) is 10.7. The van der Waals surface area contributed by atoms with Gasteiger partial charge in [0.2, 0.25) is 5.91 Å². The Balaban J connectivity index is 3.96. The second-order valence-corrected chi connectivity index (χ2v) is 3.17. The molecule has 0 fully saturated rings. The maximum atomic E-state index is 10.7. The quantitative estimate of drug-likeness (QED) is 0.595. The average Bonchev–Trinajstić information content (AvgIpc) is 1.81. The highest BCUT2D eigenvalue weighted by molar-refractivity contribution is 5.73. The van der Waals surface area contributed by atoms with Gasteiger partial charge >= 0.3 is 0 Å². The van der Waals surface area contributed by atoms with Gasteiger partial charge in [-0.15, -0.1) is 11.8 Å². The van der Waals surface area contributed by atoms with Gasteiger partial charge < -0.3 is 5.32 Å². The largest absolute Gasteiger partial charge is 0.351 e. The van der Waals surface area contributed by atoms with Crippen LogP contribution >= 0.6 is 0 Å². The number of hydrogen-bond donors (Lipinski definition) is 1. The SMILES string of the molecule is CC#CCC(C)(C)NC(C)=O. The third-order valence-corrected chi connectivity index (χ3v) is 1.22. The highest BCUT2D eigenvalue weighted by Gasteiger charge is 2.16. The summed E-state index contributed by atoms with van der Waals surface area (Å²) >= 11 is 0. The molecule has 1 N–H and O–H groups in total. The zero-order valence-corrected chi connectivity index (χ0v) is 7.62. The molecule has 11 heavy (non-hydrogen) atoms. The highest BCUT2D eigenvalue weighted by atomic mass is 16.1. The van der Waals surface area contributed by atoms with Gasteiger partial charge in [0.05, 0.1) is 0 Å². The van der Waals surface area contributed by atoms with Crippen molar-refractivity contribution in [2.45, 2.75) is 39.7 Å². The van der Waals surface area contributed by atoms with E-state index in [-0.39, 0.29) is 11.4 Å². The monoisotopic (exact) mass is 153 g/mol. The van der Waals surface area contributed by atoms with Gasteiger partial charge in [-0.1, -0.05) is 0 Å². The van der Waals surface area contributed by atoms with Crippen LogP contribution in [0.4, 0.5) is 0 Å². The van der Waals surface area contributed by atoms with Crippen molar-refractivity contribution in [2.75, 3.05) is 0 Å². The summed E-state index contributed by atoms with van der Waals surface area (Å²) in [5.74, 6) is 5.72. The fourth-order valence-electron chi connectivity index (χ4n) is 0.830. The molecule has 2 nitrogen and oxygen atoms in total. The third-order valence-electron chi connectivity index (χ3n) is 1.22. The Morgan fingerprint density at radius 1 is 1.55 bits per heavy atom. The van der Waals surface area contributed by atoms with E-state index in [2.05, 4.69) is 17.2 Å². The first kappa shape index (κ1) is 10.0. The van der Waals surface area contributed by atoms with E-state index in [4.69, 9.17) is 0 Å². The van der Waals surface area contributed by atoms with Crippen molar-refractivity contribution in [3.05, 3.63) is 0 Å². The molecule has 0 unspecified atom stereocenters. The Morgan fingerprint density at radius 2 is 2.09 bits per heavy atom. The predicted octanol–water partition coefficient (Wildman–Crippen LogP) is 1.31. The van der Waals surface area contributed by atoms with Crippen LogP contribution in [0.15, 0.2) is 0 Å². The number of rotatable bonds is 2. The molecule has 0 heterocycles. The lowest BCUT2D eigenvalue weighted by molar-refractivity contribution is -0.120. The van der Waals surface area contributed by atoms with Gasteiger partial charge in [0.1, 0.15) is 0 Å². The van der Waals surface area contributed by atoms with Gasteiger partial charge in [-0.25, -0.2) is 0 Å². The number of nitrogens with one attached hydrogen (secondary N) is 1. The van der Waals surface area contributed by atoms with E-state index < -0.39 is 0 Å². The van der Waals surface area contributed by atoms with E-state index in [1.165, 1.54) is 6.92 Å². The summed E-state index contributed by atoms with van der Waals surface area (Å²) in [6, 6.07) is 0. The number of hydrogen-bond acceptors (Lipinski definition) is 1. The molecule has 0 atom stereocenters. The molecule has 1 amide bonds. The molecule has 2 heteroatoms. The number of carbonyl (C=O) groups is 1. The predicted molar refractivity (Wildman–Crippen MR) is 46.0 cm³/mol. The molecule has 62 valence electrons. The Labute approximate surface area is 68.4 Å². The maximum absolute atomic E-state index is 10.7. The minimum Gasteiger partial charge on any atom is -0.351 e. The van der Waals surface area contributed by atoms with Crippen molar-refractivity contribution in [3.8, 4) is 11.8 Å². The Kier molecular flexibility index (Phi) is 3.67. The maximum Gasteiger partial charge on any atom is 0.217 e. The van der Waals surface area contributed by atoms with Gasteiger partial charge in [0, 0.05) is 18.9 Å². The van der Waals surface area contributed by atoms with E-state index in [0.29, 0.717) is 6.42 Å². The van der Waals surface area contributed by atoms with E-state index in [1.54, 1.807) is 6.92 Å². The summed E-state index contributed by atoms with van der Waals surface area (Å²) in [5.41, 5.74) is -0.200. The van der Waals surface area contributed by atoms with Crippen LogP contribution in [0.5, 0.6) is 0 Å². The number of amides is 1. The van der Waals surface area contributed by atoms with Crippen molar-refractivity contribution in [1.29, 1.82) is 0 Å². The van der Waals surface area contributed by atoms with Crippen LogP contribution < -0.4 is 5.32 Å². The number of carbonyl (C=O) groups excluding carboxylic acids is 1. The summed E-state index contributed by atoms with van der Waals surface area (Å²) in [5, 5.41) is 2.81. The van der Waals surface area contributed by atoms with Crippen molar-refractivity contribution < 1.29 is 4.79 Å². The molecule has 0 rings (SSSR count). The fraction of sp³-hybridized carbons (Fsp3) is 0.667. The van der Waals surface area contributed by atoms with Crippen molar-refractivity contribution in [3.63, 3.8) is 0 Å². The normalized spacial score (nSPS) is 9.82. The van der Waals surface area contributed by atoms with Crippen molar-refractivity contribution in [2.24, 2.45) is 0 Å². The van der Waals surface area contributed by atoms with Gasteiger partial charge in [0.15, 0.2) is 0 Å². The second-order valence-electron chi connectivity index (χ2n) is 3.17. The zero-order valence-electron chi connectivity index (χ0n) is 7.62. The first-order valence-electron chi connectivity index (χ1n) is 3.66. The summed E-state index contributed by atoms with van der Waals surface area (Å²) in [6.45, 7) is 7.22. The molecule has 0 radical (unpaired) electrons. The van der Waals surface area contributed by atoms with E-state index in [1.807, 2.05) is 13.8 Å². The van der Waals surface area contributed by atoms with E-state index in [0.717, 1.165) is 0 Å². The molecular formula is C9H15NO. The highest BCUT2D eigenvalue weighted by Crippen LogP contribution is 2.05. The van der Waals surface area contributed by atoms with E-state index in [9.17, 15) is 4.79 Å². The minimum atomic E-state index is -0.200. The summed E-state index contributed by atoms with van der Waals surface area (Å²) < 4.78 is 0. The smallest absolute Gasteiger partial charge is 0.217 e. The van der Waals surface area contributed by atoms with Gasteiger partial charge in [-0.05, 0) is 20.8 Å². The van der Waals surface area contributed by atoms with Crippen molar-refractivity contribution in [1.82, 2.24) is 5.32 Å². The minimum absolute atomic E-state index is 0.00657.